The minimum atomic E-state index is 0.191. The summed E-state index contributed by atoms with van der Waals surface area (Å²) in [4.78, 5) is 7.63. The Labute approximate surface area is 113 Å². The number of nitrogens with one attached hydrogen (secondary N) is 1. The summed E-state index contributed by atoms with van der Waals surface area (Å²) >= 11 is 0. The molecular formula is C15H20N2O2. The Kier molecular flexibility index (Phi) is 4.22. The molecule has 1 aromatic heterocycles. The monoisotopic (exact) mass is 260 g/mol. The summed E-state index contributed by atoms with van der Waals surface area (Å²) < 4.78 is 5.37. The quantitative estimate of drug-likeness (QED) is 0.869. The lowest BCUT2D eigenvalue weighted by molar-refractivity contribution is 0.287. The number of aliphatic hydroxyl groups excluding tert-OH is 1. The molecule has 2 aromatic rings. The molecule has 0 fully saturated rings. The molecule has 4 heteroatoms. The normalized spacial score (nSPS) is 10.7. The molecule has 0 amide bonds. The van der Waals surface area contributed by atoms with Gasteiger partial charge in [-0.3, -0.25) is 0 Å². The van der Waals surface area contributed by atoms with E-state index >= 15 is 0 Å². The van der Waals surface area contributed by atoms with Gasteiger partial charge >= 0.3 is 0 Å². The number of H-pyrrole nitrogens is 1. The van der Waals surface area contributed by atoms with Crippen LogP contribution >= 0.6 is 0 Å². The van der Waals surface area contributed by atoms with Crippen molar-refractivity contribution < 1.29 is 9.84 Å². The van der Waals surface area contributed by atoms with Crippen LogP contribution in [0.5, 0.6) is 5.75 Å². The lowest BCUT2D eigenvalue weighted by Gasteiger charge is -2.10. The summed E-state index contributed by atoms with van der Waals surface area (Å²) in [6.07, 6.45) is 3.34. The van der Waals surface area contributed by atoms with Gasteiger partial charge in [0.2, 0.25) is 0 Å². The second-order valence-electron chi connectivity index (χ2n) is 4.71. The highest BCUT2D eigenvalue weighted by Crippen LogP contribution is 2.29. The molecule has 0 saturated carbocycles. The Bertz CT molecular complexity index is 538. The zero-order valence-electron chi connectivity index (χ0n) is 11.7. The van der Waals surface area contributed by atoms with Gasteiger partial charge in [-0.15, -0.1) is 0 Å². The van der Waals surface area contributed by atoms with E-state index in [0.717, 1.165) is 46.8 Å². The topological polar surface area (TPSA) is 58.1 Å². The van der Waals surface area contributed by atoms with E-state index < -0.39 is 0 Å². The maximum atomic E-state index is 8.83. The van der Waals surface area contributed by atoms with Gasteiger partial charge in [0, 0.05) is 18.6 Å². The van der Waals surface area contributed by atoms with Crippen molar-refractivity contribution in [2.45, 2.75) is 26.7 Å². The van der Waals surface area contributed by atoms with E-state index in [0.29, 0.717) is 0 Å². The summed E-state index contributed by atoms with van der Waals surface area (Å²) in [7, 11) is 1.69. The number of aromatic nitrogens is 2. The third-order valence-corrected chi connectivity index (χ3v) is 3.18. The summed E-state index contributed by atoms with van der Waals surface area (Å²) in [6, 6.07) is 4.18. The Morgan fingerprint density at radius 1 is 1.26 bits per heavy atom. The SMILES string of the molecule is COc1c(C)cc(-c2cnc(CCCO)[nH]2)cc1C. The number of aliphatic hydroxyl groups is 1. The Morgan fingerprint density at radius 2 is 1.95 bits per heavy atom. The smallest absolute Gasteiger partial charge is 0.124 e. The van der Waals surface area contributed by atoms with Crippen LogP contribution in [0.25, 0.3) is 11.3 Å². The van der Waals surface area contributed by atoms with E-state index in [1.54, 1.807) is 7.11 Å². The Balaban J connectivity index is 2.29. The number of rotatable bonds is 5. The summed E-state index contributed by atoms with van der Waals surface area (Å²) in [5.41, 5.74) is 4.34. The maximum Gasteiger partial charge on any atom is 0.124 e. The summed E-state index contributed by atoms with van der Waals surface area (Å²) in [5.74, 6) is 1.85. The first-order chi connectivity index (χ1) is 9.15. The van der Waals surface area contributed by atoms with Gasteiger partial charge in [-0.05, 0) is 43.5 Å². The van der Waals surface area contributed by atoms with Crippen LogP contribution in [0.2, 0.25) is 0 Å². The molecule has 19 heavy (non-hydrogen) atoms. The van der Waals surface area contributed by atoms with Crippen molar-refractivity contribution in [1.29, 1.82) is 0 Å². The number of aromatic amines is 1. The lowest BCUT2D eigenvalue weighted by atomic mass is 10.0. The third kappa shape index (κ3) is 2.96. The fraction of sp³-hybridized carbons (Fsp3) is 0.400. The van der Waals surface area contributed by atoms with Crippen molar-refractivity contribution in [3.63, 3.8) is 0 Å². The van der Waals surface area contributed by atoms with Crippen LogP contribution in [0.4, 0.5) is 0 Å². The van der Waals surface area contributed by atoms with Crippen LogP contribution in [0.15, 0.2) is 18.3 Å². The van der Waals surface area contributed by atoms with Crippen LogP contribution in [0.1, 0.15) is 23.4 Å². The highest BCUT2D eigenvalue weighted by Gasteiger charge is 2.09. The molecule has 102 valence electrons. The predicted molar refractivity (Wildman–Crippen MR) is 75.5 cm³/mol. The number of imidazole rings is 1. The number of ether oxygens (including phenoxy) is 1. The van der Waals surface area contributed by atoms with Gasteiger partial charge in [0.15, 0.2) is 0 Å². The average molecular weight is 260 g/mol. The van der Waals surface area contributed by atoms with Crippen molar-refractivity contribution in [2.75, 3.05) is 13.7 Å². The minimum Gasteiger partial charge on any atom is -0.496 e. The van der Waals surface area contributed by atoms with Crippen molar-refractivity contribution in [3.05, 3.63) is 35.3 Å². The summed E-state index contributed by atoms with van der Waals surface area (Å²) in [5, 5.41) is 8.83. The van der Waals surface area contributed by atoms with Gasteiger partial charge in [-0.2, -0.15) is 0 Å². The molecule has 2 N–H and O–H groups in total. The van der Waals surface area contributed by atoms with Gasteiger partial charge in [-0.1, -0.05) is 0 Å². The average Bonchev–Trinajstić information content (AvgIpc) is 2.84. The molecule has 1 aromatic carbocycles. The zero-order valence-corrected chi connectivity index (χ0v) is 11.7. The van der Waals surface area contributed by atoms with Crippen LogP contribution in [0, 0.1) is 13.8 Å². The maximum absolute atomic E-state index is 8.83. The van der Waals surface area contributed by atoms with E-state index in [2.05, 4.69) is 22.1 Å². The largest absolute Gasteiger partial charge is 0.496 e. The molecule has 2 rings (SSSR count). The highest BCUT2D eigenvalue weighted by molar-refractivity contribution is 5.63. The van der Waals surface area contributed by atoms with Gasteiger partial charge in [0.25, 0.3) is 0 Å². The number of aryl methyl sites for hydroxylation is 3. The van der Waals surface area contributed by atoms with Gasteiger partial charge < -0.3 is 14.8 Å². The Morgan fingerprint density at radius 3 is 2.53 bits per heavy atom. The number of methoxy groups -OCH3 is 1. The van der Waals surface area contributed by atoms with E-state index in [4.69, 9.17) is 9.84 Å². The van der Waals surface area contributed by atoms with E-state index in [1.165, 1.54) is 0 Å². The van der Waals surface area contributed by atoms with E-state index in [1.807, 2.05) is 20.0 Å². The fourth-order valence-electron chi connectivity index (χ4n) is 2.31. The van der Waals surface area contributed by atoms with Crippen LogP contribution in [-0.4, -0.2) is 28.8 Å². The number of hydrogen-bond acceptors (Lipinski definition) is 3. The molecule has 1 heterocycles. The van der Waals surface area contributed by atoms with Crippen molar-refractivity contribution in [3.8, 4) is 17.0 Å². The van der Waals surface area contributed by atoms with Crippen molar-refractivity contribution in [2.24, 2.45) is 0 Å². The first-order valence-electron chi connectivity index (χ1n) is 6.46. The molecule has 0 atom stereocenters. The first kappa shape index (κ1) is 13.6. The molecular weight excluding hydrogens is 240 g/mol. The molecule has 0 spiro atoms. The predicted octanol–water partition coefficient (Wildman–Crippen LogP) is 2.63. The zero-order chi connectivity index (χ0) is 13.8. The molecule has 0 bridgehead atoms. The van der Waals surface area contributed by atoms with E-state index in [9.17, 15) is 0 Å². The second-order valence-corrected chi connectivity index (χ2v) is 4.71. The van der Waals surface area contributed by atoms with Crippen LogP contribution in [0.3, 0.4) is 0 Å². The fourth-order valence-corrected chi connectivity index (χ4v) is 2.31. The number of nitrogens with zero attached hydrogens (tertiary/aromatic N) is 1. The highest BCUT2D eigenvalue weighted by atomic mass is 16.5. The molecule has 0 saturated heterocycles. The van der Waals surface area contributed by atoms with Gasteiger partial charge in [-0.25, -0.2) is 4.98 Å². The second kappa shape index (κ2) is 5.89. The molecule has 0 unspecified atom stereocenters. The van der Waals surface area contributed by atoms with Crippen molar-refractivity contribution >= 4 is 0 Å². The number of benzene rings is 1. The van der Waals surface area contributed by atoms with Gasteiger partial charge in [0.05, 0.1) is 19.0 Å². The molecule has 4 nitrogen and oxygen atoms in total. The van der Waals surface area contributed by atoms with Crippen molar-refractivity contribution in [1.82, 2.24) is 9.97 Å². The molecule has 0 aliphatic rings. The Hall–Kier alpha value is -1.81. The third-order valence-electron chi connectivity index (χ3n) is 3.18. The van der Waals surface area contributed by atoms with Crippen LogP contribution in [-0.2, 0) is 6.42 Å². The number of hydrogen-bond donors (Lipinski definition) is 2. The molecule has 0 radical (unpaired) electrons. The summed E-state index contributed by atoms with van der Waals surface area (Å²) in [6.45, 7) is 4.27. The lowest BCUT2D eigenvalue weighted by Crippen LogP contribution is -1.93. The van der Waals surface area contributed by atoms with Gasteiger partial charge in [0.1, 0.15) is 11.6 Å². The minimum absolute atomic E-state index is 0.191. The standard InChI is InChI=1S/C15H20N2O2/c1-10-7-12(8-11(2)15(10)19-3)13-9-16-14(17-13)5-4-6-18/h7-9,18H,4-6H2,1-3H3,(H,16,17). The van der Waals surface area contributed by atoms with E-state index in [-0.39, 0.29) is 6.61 Å². The molecule has 0 aliphatic carbocycles. The molecule has 0 aliphatic heterocycles. The van der Waals surface area contributed by atoms with Crippen LogP contribution < -0.4 is 4.74 Å². The first-order valence-corrected chi connectivity index (χ1v) is 6.46.